The maximum absolute atomic E-state index is 5.84. The summed E-state index contributed by atoms with van der Waals surface area (Å²) in [5, 5.41) is 0. The maximum atomic E-state index is 5.84. The Morgan fingerprint density at radius 2 is 2.27 bits per heavy atom. The Bertz CT molecular complexity index is 320. The van der Waals surface area contributed by atoms with E-state index in [0.29, 0.717) is 17.2 Å². The molecule has 1 aliphatic carbocycles. The summed E-state index contributed by atoms with van der Waals surface area (Å²) >= 11 is 9.45. The highest BCUT2D eigenvalue weighted by atomic mass is 79.9. The average Bonchev–Trinajstić information content (AvgIpc) is 2.39. The zero-order valence-electron chi connectivity index (χ0n) is 9.26. The second kappa shape index (κ2) is 4.14. The van der Waals surface area contributed by atoms with E-state index in [1.54, 1.807) is 0 Å². The van der Waals surface area contributed by atoms with Gasteiger partial charge < -0.3 is 4.90 Å². The molecule has 0 amide bonds. The number of alkyl halides is 1. The first-order valence-corrected chi connectivity index (χ1v) is 6.74. The second-order valence-electron chi connectivity index (χ2n) is 5.06. The van der Waals surface area contributed by atoms with Crippen LogP contribution in [0.4, 0.5) is 0 Å². The Kier molecular flexibility index (Phi) is 3.18. The van der Waals surface area contributed by atoms with Gasteiger partial charge in [0.2, 0.25) is 0 Å². The Morgan fingerprint density at radius 1 is 1.53 bits per heavy atom. The lowest BCUT2D eigenvalue weighted by atomic mass is 9.77. The fourth-order valence-corrected chi connectivity index (χ4v) is 3.33. The topological polar surface area (TPSA) is 3.24 Å². The Balaban J connectivity index is 2.26. The molecule has 3 heteroatoms. The molecule has 0 aromatic rings. The van der Waals surface area contributed by atoms with Gasteiger partial charge in [0.15, 0.2) is 0 Å². The van der Waals surface area contributed by atoms with Gasteiger partial charge in [0.1, 0.15) is 0 Å². The molecule has 84 valence electrons. The molecular formula is C12H17BrClN. The van der Waals surface area contributed by atoms with Gasteiger partial charge in [-0.05, 0) is 22.4 Å². The second-order valence-corrected chi connectivity index (χ2v) is 6.46. The van der Waals surface area contributed by atoms with Crippen molar-refractivity contribution in [1.82, 2.24) is 4.90 Å². The fraction of sp³-hybridized carbons (Fsp3) is 0.667. The van der Waals surface area contributed by atoms with Gasteiger partial charge in [0.25, 0.3) is 0 Å². The third-order valence-corrected chi connectivity index (χ3v) is 4.21. The third-order valence-electron chi connectivity index (χ3n) is 3.45. The van der Waals surface area contributed by atoms with Crippen LogP contribution in [0.1, 0.15) is 20.3 Å². The van der Waals surface area contributed by atoms with Crippen molar-refractivity contribution in [3.63, 3.8) is 0 Å². The number of halogens is 2. The predicted octanol–water partition coefficient (Wildman–Crippen LogP) is 3.75. The van der Waals surface area contributed by atoms with Gasteiger partial charge >= 0.3 is 0 Å². The van der Waals surface area contributed by atoms with Crippen LogP contribution >= 0.6 is 27.5 Å². The van der Waals surface area contributed by atoms with Crippen LogP contribution in [-0.4, -0.2) is 23.9 Å². The summed E-state index contributed by atoms with van der Waals surface area (Å²) in [5.41, 5.74) is 1.84. The lowest BCUT2D eigenvalue weighted by Crippen LogP contribution is -2.24. The van der Waals surface area contributed by atoms with Gasteiger partial charge in [-0.2, -0.15) is 0 Å². The van der Waals surface area contributed by atoms with E-state index in [1.807, 2.05) is 0 Å². The summed E-state index contributed by atoms with van der Waals surface area (Å²) in [6, 6.07) is 0. The molecule has 1 nitrogen and oxygen atoms in total. The highest BCUT2D eigenvalue weighted by molar-refractivity contribution is 9.11. The SMILES string of the molecule is CC1(C)CN(CCCl)C2=CC=C(Br)CC21. The van der Waals surface area contributed by atoms with Gasteiger partial charge in [-0.3, -0.25) is 0 Å². The molecule has 0 aromatic heterocycles. The van der Waals surface area contributed by atoms with E-state index in [4.69, 9.17) is 11.6 Å². The standard InChI is InChI=1S/C12H17BrClN/c1-12(2)8-15(6-5-14)11-4-3-9(13)7-10(11)12/h3-4,10H,5-8H2,1-2H3. The number of likely N-dealkylation sites (tertiary alicyclic amines) is 1. The van der Waals surface area contributed by atoms with E-state index in [2.05, 4.69) is 46.8 Å². The molecule has 1 atom stereocenters. The van der Waals surface area contributed by atoms with Crippen molar-refractivity contribution >= 4 is 27.5 Å². The number of hydrogen-bond donors (Lipinski definition) is 0. The van der Waals surface area contributed by atoms with Gasteiger partial charge in [0, 0.05) is 30.6 Å². The molecule has 1 saturated heterocycles. The third kappa shape index (κ3) is 2.12. The molecular weight excluding hydrogens is 273 g/mol. The molecule has 1 heterocycles. The molecule has 15 heavy (non-hydrogen) atoms. The molecule has 0 N–H and O–H groups in total. The van der Waals surface area contributed by atoms with Crippen molar-refractivity contribution in [2.75, 3.05) is 19.0 Å². The summed E-state index contributed by atoms with van der Waals surface area (Å²) in [5.74, 6) is 1.37. The molecule has 2 rings (SSSR count). The molecule has 2 aliphatic rings. The first-order chi connectivity index (χ1) is 7.04. The highest BCUT2D eigenvalue weighted by Crippen LogP contribution is 2.48. The summed E-state index contributed by atoms with van der Waals surface area (Å²) in [7, 11) is 0. The van der Waals surface area contributed by atoms with Gasteiger partial charge in [-0.25, -0.2) is 0 Å². The first-order valence-electron chi connectivity index (χ1n) is 5.42. The lowest BCUT2D eigenvalue weighted by Gasteiger charge is -2.27. The van der Waals surface area contributed by atoms with Crippen molar-refractivity contribution in [2.45, 2.75) is 20.3 Å². The highest BCUT2D eigenvalue weighted by Gasteiger charge is 2.43. The van der Waals surface area contributed by atoms with Gasteiger partial charge in [-0.1, -0.05) is 35.9 Å². The van der Waals surface area contributed by atoms with Crippen LogP contribution in [0, 0.1) is 11.3 Å². The number of allylic oxidation sites excluding steroid dienone is 4. The van der Waals surface area contributed by atoms with E-state index in [-0.39, 0.29) is 0 Å². The summed E-state index contributed by atoms with van der Waals surface area (Å²) in [6.07, 6.45) is 5.56. The number of hydrogen-bond acceptors (Lipinski definition) is 1. The minimum absolute atomic E-state index is 0.366. The van der Waals surface area contributed by atoms with Crippen molar-refractivity contribution in [2.24, 2.45) is 11.3 Å². The molecule has 1 unspecified atom stereocenters. The number of fused-ring (bicyclic) bond motifs is 1. The molecule has 0 bridgehead atoms. The minimum Gasteiger partial charge on any atom is -0.373 e. The van der Waals surface area contributed by atoms with E-state index >= 15 is 0 Å². The van der Waals surface area contributed by atoms with Crippen molar-refractivity contribution in [3.05, 3.63) is 22.3 Å². The van der Waals surface area contributed by atoms with Crippen LogP contribution in [0.5, 0.6) is 0 Å². The summed E-state index contributed by atoms with van der Waals surface area (Å²) in [6.45, 7) is 6.81. The molecule has 0 aromatic carbocycles. The summed E-state index contributed by atoms with van der Waals surface area (Å²) in [4.78, 5) is 2.44. The minimum atomic E-state index is 0.366. The molecule has 1 aliphatic heterocycles. The van der Waals surface area contributed by atoms with Crippen LogP contribution in [-0.2, 0) is 0 Å². The van der Waals surface area contributed by atoms with Gasteiger partial charge in [-0.15, -0.1) is 11.6 Å². The van der Waals surface area contributed by atoms with Crippen molar-refractivity contribution in [1.29, 1.82) is 0 Å². The molecule has 0 spiro atoms. The summed E-state index contributed by atoms with van der Waals surface area (Å²) < 4.78 is 1.32. The fourth-order valence-electron chi connectivity index (χ4n) is 2.67. The average molecular weight is 291 g/mol. The zero-order chi connectivity index (χ0) is 11.1. The Hall–Kier alpha value is 0.0500. The van der Waals surface area contributed by atoms with E-state index in [9.17, 15) is 0 Å². The first kappa shape index (κ1) is 11.5. The molecule has 0 radical (unpaired) electrons. The molecule has 0 saturated carbocycles. The van der Waals surface area contributed by atoms with Crippen LogP contribution in [0.15, 0.2) is 22.3 Å². The normalized spacial score (nSPS) is 28.5. The smallest absolute Gasteiger partial charge is 0.0399 e. The van der Waals surface area contributed by atoms with Crippen LogP contribution in [0.25, 0.3) is 0 Å². The number of nitrogens with zero attached hydrogens (tertiary/aromatic N) is 1. The zero-order valence-corrected chi connectivity index (χ0v) is 11.6. The van der Waals surface area contributed by atoms with Gasteiger partial charge in [0.05, 0.1) is 0 Å². The lowest BCUT2D eigenvalue weighted by molar-refractivity contribution is 0.276. The quantitative estimate of drug-likeness (QED) is 0.700. The van der Waals surface area contributed by atoms with Crippen molar-refractivity contribution in [3.8, 4) is 0 Å². The van der Waals surface area contributed by atoms with Crippen molar-refractivity contribution < 1.29 is 0 Å². The van der Waals surface area contributed by atoms with E-state index in [1.165, 1.54) is 10.2 Å². The predicted molar refractivity (Wildman–Crippen MR) is 69.3 cm³/mol. The van der Waals surface area contributed by atoms with Crippen LogP contribution in [0.2, 0.25) is 0 Å². The van der Waals surface area contributed by atoms with E-state index in [0.717, 1.165) is 19.5 Å². The van der Waals surface area contributed by atoms with Crippen LogP contribution < -0.4 is 0 Å². The van der Waals surface area contributed by atoms with Crippen LogP contribution in [0.3, 0.4) is 0 Å². The maximum Gasteiger partial charge on any atom is 0.0399 e. The Morgan fingerprint density at radius 3 is 2.93 bits per heavy atom. The Labute approximate surface area is 105 Å². The van der Waals surface area contributed by atoms with E-state index < -0.39 is 0 Å². The largest absolute Gasteiger partial charge is 0.373 e. The monoisotopic (exact) mass is 289 g/mol. The number of rotatable bonds is 2. The molecule has 1 fully saturated rings.